The van der Waals surface area contributed by atoms with Gasteiger partial charge < -0.3 is 9.80 Å². The first-order valence-corrected chi connectivity index (χ1v) is 6.68. The summed E-state index contributed by atoms with van der Waals surface area (Å²) < 4.78 is 0. The number of carbonyl (C=O) groups is 2. The molecule has 1 aliphatic carbocycles. The average Bonchev–Trinajstić information content (AvgIpc) is 3.05. The van der Waals surface area contributed by atoms with Crippen molar-refractivity contribution in [3.63, 3.8) is 0 Å². The van der Waals surface area contributed by atoms with Crippen LogP contribution in [0.4, 0.5) is 0 Å². The van der Waals surface area contributed by atoms with E-state index in [1.165, 1.54) is 0 Å². The van der Waals surface area contributed by atoms with Gasteiger partial charge in [0.15, 0.2) is 0 Å². The van der Waals surface area contributed by atoms with E-state index < -0.39 is 0 Å². The average molecular weight is 236 g/mol. The Morgan fingerprint density at radius 2 is 1.88 bits per heavy atom. The van der Waals surface area contributed by atoms with Crippen LogP contribution in [-0.4, -0.2) is 45.8 Å². The minimum Gasteiger partial charge on any atom is -0.329 e. The van der Waals surface area contributed by atoms with Gasteiger partial charge in [0, 0.05) is 12.1 Å². The predicted molar refractivity (Wildman–Crippen MR) is 63.3 cm³/mol. The van der Waals surface area contributed by atoms with Gasteiger partial charge in [-0.3, -0.25) is 9.59 Å². The van der Waals surface area contributed by atoms with Crippen molar-refractivity contribution in [3.8, 4) is 0 Å². The molecule has 4 heteroatoms. The molecule has 0 bridgehead atoms. The van der Waals surface area contributed by atoms with Gasteiger partial charge in [-0.2, -0.15) is 0 Å². The van der Waals surface area contributed by atoms with E-state index in [4.69, 9.17) is 0 Å². The number of amides is 2. The van der Waals surface area contributed by atoms with Crippen LogP contribution in [0.1, 0.15) is 46.0 Å². The summed E-state index contributed by atoms with van der Waals surface area (Å²) in [4.78, 5) is 28.6. The number of carbonyl (C=O) groups excluding carboxylic acids is 2. The lowest BCUT2D eigenvalue weighted by atomic mass is 9.94. The molecule has 94 valence electrons. The highest BCUT2D eigenvalue weighted by Crippen LogP contribution is 2.45. The molecule has 2 aliphatic heterocycles. The van der Waals surface area contributed by atoms with E-state index in [0.29, 0.717) is 0 Å². The molecular formula is C13H20N2O2. The molecule has 3 fully saturated rings. The second-order valence-electron chi connectivity index (χ2n) is 5.92. The van der Waals surface area contributed by atoms with Gasteiger partial charge in [0.2, 0.25) is 11.8 Å². The standard InChI is InChI=1S/C13H20N2O2/c1-9-11(16)14-8-4-3-5-10(14)12(17)15(9)13(2)6-7-13/h9-10H,3-8H2,1-2H3. The van der Waals surface area contributed by atoms with Gasteiger partial charge in [-0.05, 0) is 46.0 Å². The van der Waals surface area contributed by atoms with Gasteiger partial charge in [-0.15, -0.1) is 0 Å². The van der Waals surface area contributed by atoms with E-state index in [2.05, 4.69) is 6.92 Å². The monoisotopic (exact) mass is 236 g/mol. The summed E-state index contributed by atoms with van der Waals surface area (Å²) in [6.07, 6.45) is 5.05. The highest BCUT2D eigenvalue weighted by atomic mass is 16.2. The number of hydrogen-bond acceptors (Lipinski definition) is 2. The van der Waals surface area contributed by atoms with Crippen molar-refractivity contribution in [1.82, 2.24) is 9.80 Å². The molecule has 0 aromatic heterocycles. The summed E-state index contributed by atoms with van der Waals surface area (Å²) in [5, 5.41) is 0. The number of piperidine rings is 1. The number of fused-ring (bicyclic) bond motifs is 1. The maximum atomic E-state index is 12.5. The highest BCUT2D eigenvalue weighted by molar-refractivity contribution is 5.97. The zero-order valence-electron chi connectivity index (χ0n) is 10.6. The van der Waals surface area contributed by atoms with Crippen LogP contribution in [0.25, 0.3) is 0 Å². The summed E-state index contributed by atoms with van der Waals surface area (Å²) in [7, 11) is 0. The lowest BCUT2D eigenvalue weighted by molar-refractivity contribution is -0.166. The molecule has 17 heavy (non-hydrogen) atoms. The number of nitrogens with zero attached hydrogens (tertiary/aromatic N) is 2. The molecule has 3 aliphatic rings. The van der Waals surface area contributed by atoms with E-state index in [9.17, 15) is 9.59 Å². The van der Waals surface area contributed by atoms with E-state index >= 15 is 0 Å². The molecule has 2 saturated heterocycles. The van der Waals surface area contributed by atoms with Crippen molar-refractivity contribution in [1.29, 1.82) is 0 Å². The minimum absolute atomic E-state index is 0.0320. The zero-order chi connectivity index (χ0) is 12.2. The van der Waals surface area contributed by atoms with E-state index in [0.717, 1.165) is 38.6 Å². The first-order chi connectivity index (χ1) is 8.04. The highest BCUT2D eigenvalue weighted by Gasteiger charge is 2.55. The van der Waals surface area contributed by atoms with Gasteiger partial charge in [-0.25, -0.2) is 0 Å². The summed E-state index contributed by atoms with van der Waals surface area (Å²) in [5.74, 6) is 0.347. The predicted octanol–water partition coefficient (Wildman–Crippen LogP) is 1.15. The van der Waals surface area contributed by atoms with Crippen molar-refractivity contribution in [2.75, 3.05) is 6.54 Å². The van der Waals surface area contributed by atoms with Crippen LogP contribution in [0.2, 0.25) is 0 Å². The molecule has 0 radical (unpaired) electrons. The Balaban J connectivity index is 1.92. The Morgan fingerprint density at radius 3 is 2.53 bits per heavy atom. The Morgan fingerprint density at radius 1 is 1.18 bits per heavy atom. The third-order valence-electron chi connectivity index (χ3n) is 4.61. The van der Waals surface area contributed by atoms with Gasteiger partial charge >= 0.3 is 0 Å². The molecule has 2 unspecified atom stereocenters. The summed E-state index contributed by atoms with van der Waals surface area (Å²) in [6.45, 7) is 4.76. The fourth-order valence-electron chi connectivity index (χ4n) is 3.31. The third-order valence-corrected chi connectivity index (χ3v) is 4.61. The van der Waals surface area contributed by atoms with Gasteiger partial charge in [0.25, 0.3) is 0 Å². The second-order valence-corrected chi connectivity index (χ2v) is 5.92. The lowest BCUT2D eigenvalue weighted by Gasteiger charge is -2.48. The zero-order valence-corrected chi connectivity index (χ0v) is 10.6. The van der Waals surface area contributed by atoms with Gasteiger partial charge in [0.1, 0.15) is 12.1 Å². The summed E-state index contributed by atoms with van der Waals surface area (Å²) in [5.41, 5.74) is -0.0320. The maximum absolute atomic E-state index is 12.5. The molecule has 0 spiro atoms. The Labute approximate surface area is 102 Å². The Kier molecular flexibility index (Phi) is 2.25. The van der Waals surface area contributed by atoms with E-state index in [1.807, 2.05) is 16.7 Å². The van der Waals surface area contributed by atoms with Crippen LogP contribution in [0, 0.1) is 0 Å². The first-order valence-electron chi connectivity index (χ1n) is 6.68. The van der Waals surface area contributed by atoms with E-state index in [-0.39, 0.29) is 29.4 Å². The number of rotatable bonds is 1. The van der Waals surface area contributed by atoms with Crippen molar-refractivity contribution < 1.29 is 9.59 Å². The van der Waals surface area contributed by atoms with Crippen molar-refractivity contribution in [2.45, 2.75) is 63.6 Å². The molecule has 2 heterocycles. The lowest BCUT2D eigenvalue weighted by Crippen LogP contribution is -2.67. The Bertz CT molecular complexity index is 376. The molecule has 3 rings (SSSR count). The quantitative estimate of drug-likeness (QED) is 0.685. The van der Waals surface area contributed by atoms with Crippen LogP contribution in [0.15, 0.2) is 0 Å². The second kappa shape index (κ2) is 3.47. The molecule has 0 aromatic carbocycles. The normalized spacial score (nSPS) is 35.9. The molecule has 2 atom stereocenters. The van der Waals surface area contributed by atoms with Crippen molar-refractivity contribution in [2.24, 2.45) is 0 Å². The van der Waals surface area contributed by atoms with Crippen LogP contribution in [0.3, 0.4) is 0 Å². The van der Waals surface area contributed by atoms with Crippen LogP contribution < -0.4 is 0 Å². The molecule has 1 saturated carbocycles. The van der Waals surface area contributed by atoms with Crippen molar-refractivity contribution in [3.05, 3.63) is 0 Å². The largest absolute Gasteiger partial charge is 0.329 e. The minimum atomic E-state index is -0.260. The first kappa shape index (κ1) is 11.1. The SMILES string of the molecule is CC1C(=O)N2CCCCC2C(=O)N1C1(C)CC1. The van der Waals surface area contributed by atoms with Gasteiger partial charge in [-0.1, -0.05) is 0 Å². The maximum Gasteiger partial charge on any atom is 0.246 e. The number of piperazine rings is 1. The van der Waals surface area contributed by atoms with Crippen molar-refractivity contribution >= 4 is 11.8 Å². The summed E-state index contributed by atoms with van der Waals surface area (Å²) in [6, 6.07) is -0.422. The fourth-order valence-corrected chi connectivity index (χ4v) is 3.31. The Hall–Kier alpha value is -1.06. The molecular weight excluding hydrogens is 216 g/mol. The fraction of sp³-hybridized carbons (Fsp3) is 0.846. The number of hydrogen-bond donors (Lipinski definition) is 0. The van der Waals surface area contributed by atoms with Gasteiger partial charge in [0.05, 0.1) is 0 Å². The third kappa shape index (κ3) is 1.49. The molecule has 0 N–H and O–H groups in total. The summed E-state index contributed by atoms with van der Waals surface area (Å²) >= 11 is 0. The smallest absolute Gasteiger partial charge is 0.246 e. The molecule has 2 amide bonds. The topological polar surface area (TPSA) is 40.6 Å². The van der Waals surface area contributed by atoms with E-state index in [1.54, 1.807) is 0 Å². The molecule has 0 aromatic rings. The van der Waals surface area contributed by atoms with Crippen LogP contribution in [0.5, 0.6) is 0 Å². The van der Waals surface area contributed by atoms with Crippen LogP contribution in [-0.2, 0) is 9.59 Å². The van der Waals surface area contributed by atoms with Crippen LogP contribution >= 0.6 is 0 Å². The molecule has 4 nitrogen and oxygen atoms in total.